The normalized spacial score (nSPS) is 10.6. The zero-order valence-corrected chi connectivity index (χ0v) is 16.8. The summed E-state index contributed by atoms with van der Waals surface area (Å²) in [6, 6.07) is 6.47. The summed E-state index contributed by atoms with van der Waals surface area (Å²) in [5.74, 6) is -1.05. The van der Waals surface area contributed by atoms with Crippen LogP contribution in [0.2, 0.25) is 0 Å². The molecule has 28 heavy (non-hydrogen) atoms. The third-order valence-corrected chi connectivity index (χ3v) is 3.93. The van der Waals surface area contributed by atoms with Gasteiger partial charge in [0.2, 0.25) is 5.78 Å². The van der Waals surface area contributed by atoms with Gasteiger partial charge in [0.25, 0.3) is 0 Å². The SMILES string of the molecule is CCOC(=O)c1c(C)[nH]c(C)c1C(=O)COC(=O)c1ccc(OC(C)C)cc1. The molecule has 1 aromatic heterocycles. The van der Waals surface area contributed by atoms with Crippen molar-refractivity contribution in [2.24, 2.45) is 0 Å². The molecule has 0 aliphatic heterocycles. The molecule has 0 saturated heterocycles. The highest BCUT2D eigenvalue weighted by molar-refractivity contribution is 6.09. The van der Waals surface area contributed by atoms with E-state index >= 15 is 0 Å². The number of carbonyl (C=O) groups is 3. The molecule has 7 heteroatoms. The number of esters is 2. The first-order chi connectivity index (χ1) is 13.2. The molecule has 150 valence electrons. The van der Waals surface area contributed by atoms with Crippen molar-refractivity contribution in [3.8, 4) is 5.75 Å². The standard InChI is InChI=1S/C21H25NO6/c1-6-26-21(25)19-14(5)22-13(4)18(19)17(23)11-27-20(24)15-7-9-16(10-8-15)28-12(2)3/h7-10,12,22H,6,11H2,1-5H3. The van der Waals surface area contributed by atoms with Gasteiger partial charge in [-0.1, -0.05) is 0 Å². The minimum absolute atomic E-state index is 0.0251. The van der Waals surface area contributed by atoms with Crippen LogP contribution in [0, 0.1) is 13.8 Å². The van der Waals surface area contributed by atoms with E-state index in [1.807, 2.05) is 13.8 Å². The van der Waals surface area contributed by atoms with E-state index in [4.69, 9.17) is 14.2 Å². The highest BCUT2D eigenvalue weighted by atomic mass is 16.5. The fourth-order valence-corrected chi connectivity index (χ4v) is 2.82. The molecule has 0 unspecified atom stereocenters. The number of H-pyrrole nitrogens is 1. The largest absolute Gasteiger partial charge is 0.491 e. The lowest BCUT2D eigenvalue weighted by Gasteiger charge is -2.10. The number of aromatic nitrogens is 1. The van der Waals surface area contributed by atoms with Gasteiger partial charge >= 0.3 is 11.9 Å². The van der Waals surface area contributed by atoms with Crippen molar-refractivity contribution >= 4 is 17.7 Å². The highest BCUT2D eigenvalue weighted by Gasteiger charge is 2.26. The van der Waals surface area contributed by atoms with Crippen LogP contribution in [0.15, 0.2) is 24.3 Å². The van der Waals surface area contributed by atoms with Crippen LogP contribution in [0.4, 0.5) is 0 Å². The Morgan fingerprint density at radius 3 is 2.11 bits per heavy atom. The molecule has 2 rings (SSSR count). The van der Waals surface area contributed by atoms with E-state index in [2.05, 4.69) is 4.98 Å². The summed E-state index contributed by atoms with van der Waals surface area (Å²) in [6.07, 6.45) is 0.0251. The minimum Gasteiger partial charge on any atom is -0.491 e. The number of rotatable bonds is 8. The van der Waals surface area contributed by atoms with E-state index in [1.165, 1.54) is 0 Å². The van der Waals surface area contributed by atoms with Crippen LogP contribution in [-0.2, 0) is 9.47 Å². The van der Waals surface area contributed by atoms with Crippen LogP contribution in [0.3, 0.4) is 0 Å². The molecule has 7 nitrogen and oxygen atoms in total. The van der Waals surface area contributed by atoms with Gasteiger partial charge in [-0.3, -0.25) is 4.79 Å². The summed E-state index contributed by atoms with van der Waals surface area (Å²) >= 11 is 0. The van der Waals surface area contributed by atoms with Crippen LogP contribution >= 0.6 is 0 Å². The van der Waals surface area contributed by atoms with Gasteiger partial charge in [-0.15, -0.1) is 0 Å². The van der Waals surface area contributed by atoms with Crippen molar-refractivity contribution in [2.45, 2.75) is 40.7 Å². The minimum atomic E-state index is -0.632. The summed E-state index contributed by atoms with van der Waals surface area (Å²) < 4.78 is 15.7. The molecule has 0 radical (unpaired) electrons. The molecule has 1 heterocycles. The molecule has 2 aromatic rings. The molecule has 0 atom stereocenters. The fourth-order valence-electron chi connectivity index (χ4n) is 2.82. The number of benzene rings is 1. The van der Waals surface area contributed by atoms with Crippen LogP contribution in [0.5, 0.6) is 5.75 Å². The number of ketones is 1. The van der Waals surface area contributed by atoms with E-state index in [1.54, 1.807) is 45.0 Å². The number of hydrogen-bond donors (Lipinski definition) is 1. The van der Waals surface area contributed by atoms with Crippen molar-refractivity contribution in [3.63, 3.8) is 0 Å². The van der Waals surface area contributed by atoms with E-state index in [-0.39, 0.29) is 23.8 Å². The third-order valence-electron chi connectivity index (χ3n) is 3.93. The van der Waals surface area contributed by atoms with E-state index in [9.17, 15) is 14.4 Å². The molecule has 0 amide bonds. The number of aryl methyl sites for hydroxylation is 2. The quantitative estimate of drug-likeness (QED) is 0.549. The molecule has 0 saturated carbocycles. The van der Waals surface area contributed by atoms with Crippen LogP contribution in [0.25, 0.3) is 0 Å². The van der Waals surface area contributed by atoms with Gasteiger partial charge in [0, 0.05) is 11.4 Å². The maximum absolute atomic E-state index is 12.6. The lowest BCUT2D eigenvalue weighted by atomic mass is 10.1. The second-order valence-electron chi connectivity index (χ2n) is 6.54. The summed E-state index contributed by atoms with van der Waals surface area (Å²) in [6.45, 7) is 8.58. The van der Waals surface area contributed by atoms with Gasteiger partial charge in [0.1, 0.15) is 5.75 Å². The topological polar surface area (TPSA) is 94.7 Å². The Kier molecular flexibility index (Phi) is 6.98. The molecule has 0 spiro atoms. The third kappa shape index (κ3) is 5.00. The van der Waals surface area contributed by atoms with Crippen molar-refractivity contribution in [3.05, 3.63) is 52.3 Å². The number of hydrogen-bond acceptors (Lipinski definition) is 6. The van der Waals surface area contributed by atoms with Crippen LogP contribution in [-0.4, -0.2) is 42.0 Å². The summed E-state index contributed by atoms with van der Waals surface area (Å²) in [5.41, 5.74) is 1.72. The van der Waals surface area contributed by atoms with Gasteiger partial charge in [0.15, 0.2) is 6.61 Å². The number of ether oxygens (including phenoxy) is 3. The Hall–Kier alpha value is -3.09. The van der Waals surface area contributed by atoms with Crippen LogP contribution < -0.4 is 4.74 Å². The van der Waals surface area contributed by atoms with Crippen molar-refractivity contribution in [2.75, 3.05) is 13.2 Å². The van der Waals surface area contributed by atoms with Gasteiger partial charge in [-0.05, 0) is 58.9 Å². The Bertz CT molecular complexity index is 864. The van der Waals surface area contributed by atoms with E-state index in [0.29, 0.717) is 22.7 Å². The van der Waals surface area contributed by atoms with Gasteiger partial charge in [-0.25, -0.2) is 9.59 Å². The number of nitrogens with one attached hydrogen (secondary N) is 1. The van der Waals surface area contributed by atoms with Gasteiger partial charge < -0.3 is 19.2 Å². The molecule has 0 aliphatic rings. The second-order valence-corrected chi connectivity index (χ2v) is 6.54. The summed E-state index contributed by atoms with van der Waals surface area (Å²) in [4.78, 5) is 39.9. The smallest absolute Gasteiger partial charge is 0.340 e. The Morgan fingerprint density at radius 1 is 0.929 bits per heavy atom. The fraction of sp³-hybridized carbons (Fsp3) is 0.381. The maximum atomic E-state index is 12.6. The molecule has 1 N–H and O–H groups in total. The average molecular weight is 387 g/mol. The average Bonchev–Trinajstić information content (AvgIpc) is 2.93. The molecular formula is C21H25NO6. The summed E-state index contributed by atoms with van der Waals surface area (Å²) in [5, 5.41) is 0. The molecule has 0 fully saturated rings. The Morgan fingerprint density at radius 2 is 1.54 bits per heavy atom. The first kappa shape index (κ1) is 21.2. The molecule has 0 bridgehead atoms. The summed E-state index contributed by atoms with van der Waals surface area (Å²) in [7, 11) is 0. The van der Waals surface area contributed by atoms with Gasteiger partial charge in [-0.2, -0.15) is 0 Å². The molecule has 0 aliphatic carbocycles. The van der Waals surface area contributed by atoms with Crippen molar-refractivity contribution in [1.29, 1.82) is 0 Å². The predicted molar refractivity (Wildman–Crippen MR) is 103 cm³/mol. The zero-order valence-electron chi connectivity index (χ0n) is 16.8. The second kappa shape index (κ2) is 9.21. The molecule has 1 aromatic carbocycles. The monoisotopic (exact) mass is 387 g/mol. The predicted octanol–water partition coefficient (Wildman–Crippen LogP) is 3.64. The number of carbonyl (C=O) groups excluding carboxylic acids is 3. The Labute approximate surface area is 164 Å². The molecular weight excluding hydrogens is 362 g/mol. The first-order valence-corrected chi connectivity index (χ1v) is 9.07. The first-order valence-electron chi connectivity index (χ1n) is 9.07. The van der Waals surface area contributed by atoms with Crippen molar-refractivity contribution in [1.82, 2.24) is 4.98 Å². The zero-order chi connectivity index (χ0) is 20.8. The van der Waals surface area contributed by atoms with Crippen molar-refractivity contribution < 1.29 is 28.6 Å². The number of aromatic amines is 1. The highest BCUT2D eigenvalue weighted by Crippen LogP contribution is 2.21. The lowest BCUT2D eigenvalue weighted by Crippen LogP contribution is -2.18. The van der Waals surface area contributed by atoms with E-state index < -0.39 is 24.3 Å². The number of Topliss-reactive ketones (excluding diaryl/α,β-unsaturated/α-hetero) is 1. The maximum Gasteiger partial charge on any atom is 0.340 e. The van der Waals surface area contributed by atoms with Crippen LogP contribution in [0.1, 0.15) is 63.2 Å². The lowest BCUT2D eigenvalue weighted by molar-refractivity contribution is 0.0472. The Balaban J connectivity index is 2.08. The van der Waals surface area contributed by atoms with E-state index in [0.717, 1.165) is 0 Å². The van der Waals surface area contributed by atoms with Gasteiger partial charge in [0.05, 0.1) is 29.4 Å².